The zero-order valence-electron chi connectivity index (χ0n) is 33.9. The molecule has 0 fully saturated rings. The number of guanidine groups is 2. The van der Waals surface area contributed by atoms with E-state index in [4.69, 9.17) is 22.9 Å². The second-order valence-electron chi connectivity index (χ2n) is 14.2. The van der Waals surface area contributed by atoms with Crippen LogP contribution in [0.4, 0.5) is 0 Å². The van der Waals surface area contributed by atoms with Gasteiger partial charge < -0.3 is 70.0 Å². The Labute approximate surface area is 342 Å². The lowest BCUT2D eigenvalue weighted by molar-refractivity contribution is -0.195. The number of imidazole rings is 1. The summed E-state index contributed by atoms with van der Waals surface area (Å²) in [4.78, 5) is 94.2. The lowest BCUT2D eigenvalue weighted by Gasteiger charge is -2.30. The van der Waals surface area contributed by atoms with E-state index in [0.29, 0.717) is 18.5 Å². The summed E-state index contributed by atoms with van der Waals surface area (Å²) in [6.45, 7) is 6.15. The van der Waals surface area contributed by atoms with Crippen LogP contribution in [-0.4, -0.2) is 123 Å². The van der Waals surface area contributed by atoms with Crippen LogP contribution >= 0.6 is 0 Å². The number of carbonyl (C=O) groups is 6. The van der Waals surface area contributed by atoms with Crippen molar-refractivity contribution in [3.8, 4) is 0 Å². The molecule has 1 heterocycles. The number of H-pyrrole nitrogens is 1. The Kier molecular flexibility index (Phi) is 20.3. The first kappa shape index (κ1) is 48.9. The van der Waals surface area contributed by atoms with Crippen LogP contribution in [0.1, 0.15) is 64.6 Å². The standard InChI is InChI=1S/C37H60N14O8/c1-21(2)29(51-31(54)26(48-23(4)52)12-8-15-44-35(38)39)33(56)49-27(13-9-16-45-36(40)41)30(53)50-28(18-25-19-42-20-46-25)32(55)47-22(3)37(58,59)34(57)43-17-14-24-10-6-5-7-11-24/h5-7,10-11,19-22,26-29,58-59H,8-9,12-18H2,1-4H3,(H,42,46)(H,43,57)(H,47,55)(H,48,52)(H,49,56)(H,50,53)(H,51,54)(H4,38,39,44)(H4,40,41,45)/t22-,26-,27-,28-,29-/m0/s1. The molecule has 0 saturated heterocycles. The van der Waals surface area contributed by atoms with Gasteiger partial charge in [0, 0.05) is 44.9 Å². The van der Waals surface area contributed by atoms with Crippen molar-refractivity contribution in [3.05, 3.63) is 54.1 Å². The molecule has 2 aromatic rings. The second-order valence-corrected chi connectivity index (χ2v) is 14.2. The molecule has 0 bridgehead atoms. The van der Waals surface area contributed by atoms with Crippen molar-refractivity contribution in [2.24, 2.45) is 38.8 Å². The van der Waals surface area contributed by atoms with Crippen LogP contribution in [0.5, 0.6) is 0 Å². The molecular weight excluding hydrogens is 768 g/mol. The fraction of sp³-hybridized carbons (Fsp3) is 0.541. The van der Waals surface area contributed by atoms with Gasteiger partial charge >= 0.3 is 0 Å². The fourth-order valence-electron chi connectivity index (χ4n) is 5.64. The molecular formula is C37H60N14O8. The van der Waals surface area contributed by atoms with Crippen molar-refractivity contribution < 1.29 is 39.0 Å². The first-order valence-electron chi connectivity index (χ1n) is 19.1. The van der Waals surface area contributed by atoms with Gasteiger partial charge in [-0.2, -0.15) is 0 Å². The summed E-state index contributed by atoms with van der Waals surface area (Å²) < 4.78 is 0. The summed E-state index contributed by atoms with van der Waals surface area (Å²) in [6.07, 6.45) is 3.67. The van der Waals surface area contributed by atoms with Gasteiger partial charge in [0.1, 0.15) is 24.2 Å². The minimum Gasteiger partial charge on any atom is -0.370 e. The van der Waals surface area contributed by atoms with E-state index in [1.165, 1.54) is 26.4 Å². The number of aromatic nitrogens is 2. The summed E-state index contributed by atoms with van der Waals surface area (Å²) in [7, 11) is 0. The normalized spacial score (nSPS) is 13.7. The number of hydrogen-bond donors (Lipinski definition) is 13. The number of carbonyl (C=O) groups excluding carboxylic acids is 6. The Morgan fingerprint density at radius 1 is 0.763 bits per heavy atom. The molecule has 326 valence electrons. The van der Waals surface area contributed by atoms with Gasteiger partial charge in [0.2, 0.25) is 29.5 Å². The minimum absolute atomic E-state index is 0.0270. The summed E-state index contributed by atoms with van der Waals surface area (Å²) in [5.74, 6) is -8.63. The largest absolute Gasteiger partial charge is 0.370 e. The molecule has 59 heavy (non-hydrogen) atoms. The molecule has 0 unspecified atom stereocenters. The van der Waals surface area contributed by atoms with Gasteiger partial charge in [-0.3, -0.25) is 38.8 Å². The molecule has 22 heteroatoms. The molecule has 17 N–H and O–H groups in total. The second kappa shape index (κ2) is 24.5. The molecule has 1 aromatic carbocycles. The average Bonchev–Trinajstić information content (AvgIpc) is 3.68. The molecule has 22 nitrogen and oxygen atoms in total. The number of hydrogen-bond acceptors (Lipinski definition) is 11. The number of nitrogens with one attached hydrogen (secondary N) is 7. The molecule has 6 amide bonds. The van der Waals surface area contributed by atoms with Crippen molar-refractivity contribution in [2.45, 2.75) is 102 Å². The Hall–Kier alpha value is -6.29. The van der Waals surface area contributed by atoms with Crippen molar-refractivity contribution in [1.29, 1.82) is 0 Å². The lowest BCUT2D eigenvalue weighted by Crippen LogP contribution is -2.63. The van der Waals surface area contributed by atoms with Crippen LogP contribution in [0.3, 0.4) is 0 Å². The maximum atomic E-state index is 14.0. The van der Waals surface area contributed by atoms with E-state index in [-0.39, 0.29) is 57.2 Å². The van der Waals surface area contributed by atoms with Gasteiger partial charge in [0.15, 0.2) is 11.9 Å². The topological polar surface area (TPSA) is 373 Å². The van der Waals surface area contributed by atoms with Gasteiger partial charge in [-0.15, -0.1) is 0 Å². The quantitative estimate of drug-likeness (QED) is 0.0198. The van der Waals surface area contributed by atoms with Crippen LogP contribution in [0.25, 0.3) is 0 Å². The maximum absolute atomic E-state index is 14.0. The molecule has 0 aliphatic carbocycles. The van der Waals surface area contributed by atoms with Crippen molar-refractivity contribution >= 4 is 47.4 Å². The van der Waals surface area contributed by atoms with Gasteiger partial charge in [-0.05, 0) is 50.5 Å². The smallest absolute Gasteiger partial charge is 0.282 e. The number of nitrogens with two attached hydrogens (primary N) is 4. The predicted molar refractivity (Wildman–Crippen MR) is 218 cm³/mol. The van der Waals surface area contributed by atoms with Crippen molar-refractivity contribution in [2.75, 3.05) is 19.6 Å². The van der Waals surface area contributed by atoms with E-state index in [0.717, 1.165) is 5.56 Å². The maximum Gasteiger partial charge on any atom is 0.282 e. The van der Waals surface area contributed by atoms with E-state index in [1.807, 2.05) is 30.3 Å². The number of benzene rings is 1. The highest BCUT2D eigenvalue weighted by Gasteiger charge is 2.41. The SMILES string of the molecule is CC(=O)N[C@@H](CCCN=C(N)N)C(=O)N[C@H](C(=O)N[C@@H](CCCN=C(N)N)C(=O)N[C@@H](Cc1cnc[nH]1)C(=O)N[C@@H](C)C(O)(O)C(=O)NCCc1ccccc1)C(C)C. The van der Waals surface area contributed by atoms with Gasteiger partial charge in [0.25, 0.3) is 11.7 Å². The van der Waals surface area contributed by atoms with Gasteiger partial charge in [-0.25, -0.2) is 4.98 Å². The van der Waals surface area contributed by atoms with Crippen LogP contribution < -0.4 is 54.8 Å². The molecule has 0 aliphatic rings. The first-order valence-corrected chi connectivity index (χ1v) is 19.1. The number of aliphatic hydroxyl groups is 2. The summed E-state index contributed by atoms with van der Waals surface area (Å²) in [6, 6.07) is 2.72. The number of amides is 6. The highest BCUT2D eigenvalue weighted by Crippen LogP contribution is 2.11. The Morgan fingerprint density at radius 3 is 1.83 bits per heavy atom. The highest BCUT2D eigenvalue weighted by atomic mass is 16.5. The third kappa shape index (κ3) is 17.8. The molecule has 5 atom stereocenters. The van der Waals surface area contributed by atoms with Crippen LogP contribution in [0, 0.1) is 5.92 Å². The lowest BCUT2D eigenvalue weighted by atomic mass is 10.0. The molecule has 2 rings (SSSR count). The van der Waals surface area contributed by atoms with E-state index < -0.39 is 77.4 Å². The zero-order valence-corrected chi connectivity index (χ0v) is 33.9. The van der Waals surface area contributed by atoms with E-state index >= 15 is 0 Å². The van der Waals surface area contributed by atoms with Crippen LogP contribution in [-0.2, 0) is 41.6 Å². The third-order valence-corrected chi connectivity index (χ3v) is 8.92. The minimum atomic E-state index is -3.04. The zero-order chi connectivity index (χ0) is 44.1. The van der Waals surface area contributed by atoms with Crippen molar-refractivity contribution in [1.82, 2.24) is 41.9 Å². The number of aromatic amines is 1. The summed E-state index contributed by atoms with van der Waals surface area (Å²) in [5, 5.41) is 36.8. The molecule has 1 aromatic heterocycles. The first-order chi connectivity index (χ1) is 27.8. The van der Waals surface area contributed by atoms with E-state index in [9.17, 15) is 39.0 Å². The monoisotopic (exact) mass is 828 g/mol. The third-order valence-electron chi connectivity index (χ3n) is 8.92. The van der Waals surface area contributed by atoms with Crippen LogP contribution in [0.15, 0.2) is 52.8 Å². The Bertz CT molecular complexity index is 1730. The Morgan fingerprint density at radius 2 is 1.31 bits per heavy atom. The number of rotatable bonds is 25. The Balaban J connectivity index is 2.27. The summed E-state index contributed by atoms with van der Waals surface area (Å²) in [5.41, 5.74) is 23.0. The fourth-order valence-corrected chi connectivity index (χ4v) is 5.64. The summed E-state index contributed by atoms with van der Waals surface area (Å²) >= 11 is 0. The van der Waals surface area contributed by atoms with E-state index in [2.05, 4.69) is 51.9 Å². The molecule has 0 radical (unpaired) electrons. The molecule has 0 saturated carbocycles. The average molecular weight is 829 g/mol. The highest BCUT2D eigenvalue weighted by molar-refractivity contribution is 5.96. The molecule has 0 aliphatic heterocycles. The van der Waals surface area contributed by atoms with Crippen molar-refractivity contribution in [3.63, 3.8) is 0 Å². The van der Waals surface area contributed by atoms with Gasteiger partial charge in [-0.1, -0.05) is 44.2 Å². The number of aliphatic imine (C=N–C) groups is 2. The number of nitrogens with zero attached hydrogens (tertiary/aromatic N) is 3. The van der Waals surface area contributed by atoms with E-state index in [1.54, 1.807) is 13.8 Å². The van der Waals surface area contributed by atoms with Gasteiger partial charge in [0.05, 0.1) is 12.4 Å². The van der Waals surface area contributed by atoms with Crippen LogP contribution in [0.2, 0.25) is 0 Å². The predicted octanol–water partition coefficient (Wildman–Crippen LogP) is -3.78. The molecule has 0 spiro atoms.